The van der Waals surface area contributed by atoms with Gasteiger partial charge in [0.1, 0.15) is 18.9 Å². The van der Waals surface area contributed by atoms with Crippen LogP contribution in [0.15, 0.2) is 30.6 Å². The summed E-state index contributed by atoms with van der Waals surface area (Å²) in [5, 5.41) is 11.8. The summed E-state index contributed by atoms with van der Waals surface area (Å²) in [4.78, 5) is 31.0. The lowest BCUT2D eigenvalue weighted by Crippen LogP contribution is -2.31. The summed E-state index contributed by atoms with van der Waals surface area (Å²) in [7, 11) is 0. The zero-order chi connectivity index (χ0) is 18.1. The minimum absolute atomic E-state index is 0.0817. The second kappa shape index (κ2) is 6.62. The fourth-order valence-electron chi connectivity index (χ4n) is 2.93. The van der Waals surface area contributed by atoms with Crippen LogP contribution in [0.1, 0.15) is 45.4 Å². The summed E-state index contributed by atoms with van der Waals surface area (Å²) in [5.41, 5.74) is 0.825. The van der Waals surface area contributed by atoms with Gasteiger partial charge in [-0.25, -0.2) is 14.8 Å². The van der Waals surface area contributed by atoms with Crippen LogP contribution in [0.25, 0.3) is 0 Å². The molecule has 134 valence electrons. The third-order valence-corrected chi connectivity index (χ3v) is 4.41. The number of aromatic nitrogens is 2. The highest BCUT2D eigenvalue weighted by Crippen LogP contribution is 2.43. The van der Waals surface area contributed by atoms with Gasteiger partial charge >= 0.3 is 5.97 Å². The maximum Gasteiger partial charge on any atom is 0.356 e. The monoisotopic (exact) mass is 355 g/mol. The first-order valence-electron chi connectivity index (χ1n) is 8.37. The highest BCUT2D eigenvalue weighted by atomic mass is 16.6. The number of nitrogens with one attached hydrogen (secondary N) is 1. The first kappa shape index (κ1) is 16.3. The van der Waals surface area contributed by atoms with E-state index in [1.54, 1.807) is 0 Å². The van der Waals surface area contributed by atoms with E-state index in [4.69, 9.17) is 14.6 Å². The molecule has 2 heterocycles. The molecule has 1 atom stereocenters. The summed E-state index contributed by atoms with van der Waals surface area (Å²) >= 11 is 0. The number of carbonyl (C=O) groups excluding carboxylic acids is 1. The standard InChI is InChI=1S/C18H17N3O5/c22-17(12-8-20-13(9-19-12)18(23)24)21-16(10-1-2-10)11-3-4-14-15(7-11)26-6-5-25-14/h3-4,7-10,16H,1-2,5-6H2,(H,21,22)(H,23,24). The van der Waals surface area contributed by atoms with Crippen LogP contribution in [-0.2, 0) is 0 Å². The molecule has 4 rings (SSSR count). The smallest absolute Gasteiger partial charge is 0.356 e. The lowest BCUT2D eigenvalue weighted by Gasteiger charge is -2.23. The number of benzene rings is 1. The summed E-state index contributed by atoms with van der Waals surface area (Å²) in [6, 6.07) is 5.51. The van der Waals surface area contributed by atoms with Crippen LogP contribution in [0.4, 0.5) is 0 Å². The van der Waals surface area contributed by atoms with Gasteiger partial charge < -0.3 is 19.9 Å². The number of rotatable bonds is 5. The van der Waals surface area contributed by atoms with Crippen molar-refractivity contribution >= 4 is 11.9 Å². The number of carboxylic acid groups (broad SMARTS) is 1. The van der Waals surface area contributed by atoms with E-state index >= 15 is 0 Å². The molecule has 1 saturated carbocycles. The highest BCUT2D eigenvalue weighted by molar-refractivity contribution is 5.93. The maximum absolute atomic E-state index is 12.5. The predicted molar refractivity (Wildman–Crippen MR) is 89.4 cm³/mol. The minimum atomic E-state index is -1.18. The quantitative estimate of drug-likeness (QED) is 0.842. The molecule has 0 saturated heterocycles. The van der Waals surface area contributed by atoms with E-state index in [9.17, 15) is 9.59 Å². The van der Waals surface area contributed by atoms with Gasteiger partial charge in [0.25, 0.3) is 5.91 Å². The molecule has 1 aliphatic carbocycles. The Labute approximate surface area is 149 Å². The van der Waals surface area contributed by atoms with Crippen LogP contribution in [-0.4, -0.2) is 40.2 Å². The van der Waals surface area contributed by atoms with Crippen molar-refractivity contribution in [1.82, 2.24) is 15.3 Å². The predicted octanol–water partition coefficient (Wildman–Crippen LogP) is 1.83. The van der Waals surface area contributed by atoms with Crippen molar-refractivity contribution < 1.29 is 24.2 Å². The summed E-state index contributed by atoms with van der Waals surface area (Å²) in [5.74, 6) is 0.167. The zero-order valence-electron chi connectivity index (χ0n) is 13.8. The van der Waals surface area contributed by atoms with Crippen molar-refractivity contribution in [2.75, 3.05) is 13.2 Å². The Morgan fingerprint density at radius 2 is 1.77 bits per heavy atom. The van der Waals surface area contributed by atoms with Crippen molar-refractivity contribution in [3.63, 3.8) is 0 Å². The number of amides is 1. The summed E-state index contributed by atoms with van der Waals surface area (Å²) < 4.78 is 11.2. The van der Waals surface area contributed by atoms with Crippen LogP contribution in [0.5, 0.6) is 11.5 Å². The number of hydrogen-bond donors (Lipinski definition) is 2. The fraction of sp³-hybridized carbons (Fsp3) is 0.333. The number of carbonyl (C=O) groups is 2. The number of hydrogen-bond acceptors (Lipinski definition) is 6. The molecule has 0 spiro atoms. The number of aromatic carboxylic acids is 1. The molecule has 2 aliphatic rings. The molecule has 8 heteroatoms. The van der Waals surface area contributed by atoms with Gasteiger partial charge in [0, 0.05) is 0 Å². The first-order chi connectivity index (χ1) is 12.6. The molecule has 1 unspecified atom stereocenters. The molecule has 1 aromatic carbocycles. The van der Waals surface area contributed by atoms with Crippen molar-refractivity contribution in [1.29, 1.82) is 0 Å². The van der Waals surface area contributed by atoms with E-state index in [0.29, 0.717) is 30.6 Å². The Balaban J connectivity index is 1.54. The highest BCUT2D eigenvalue weighted by Gasteiger charge is 2.34. The third kappa shape index (κ3) is 3.30. The summed E-state index contributed by atoms with van der Waals surface area (Å²) in [6.45, 7) is 1.03. The lowest BCUT2D eigenvalue weighted by molar-refractivity contribution is 0.0689. The SMILES string of the molecule is O=C(O)c1cnc(C(=O)NC(c2ccc3c(c2)OCCO3)C2CC2)cn1. The number of fused-ring (bicyclic) bond motifs is 1. The molecule has 1 fully saturated rings. The molecule has 26 heavy (non-hydrogen) atoms. The average Bonchev–Trinajstić information content (AvgIpc) is 3.50. The Morgan fingerprint density at radius 1 is 1.08 bits per heavy atom. The molecular weight excluding hydrogens is 338 g/mol. The van der Waals surface area contributed by atoms with Crippen molar-refractivity contribution in [3.8, 4) is 11.5 Å². The summed E-state index contributed by atoms with van der Waals surface area (Å²) in [6.07, 6.45) is 4.31. The normalized spacial score (nSPS) is 16.6. The van der Waals surface area contributed by atoms with E-state index in [2.05, 4.69) is 15.3 Å². The molecule has 2 N–H and O–H groups in total. The lowest BCUT2D eigenvalue weighted by atomic mass is 10.0. The molecular formula is C18H17N3O5. The zero-order valence-corrected chi connectivity index (χ0v) is 13.8. The van der Waals surface area contributed by atoms with Crippen LogP contribution < -0.4 is 14.8 Å². The Morgan fingerprint density at radius 3 is 2.42 bits per heavy atom. The molecule has 1 aromatic heterocycles. The average molecular weight is 355 g/mol. The van der Waals surface area contributed by atoms with Crippen molar-refractivity contribution in [3.05, 3.63) is 47.5 Å². The fourth-order valence-corrected chi connectivity index (χ4v) is 2.93. The van der Waals surface area contributed by atoms with Crippen LogP contribution in [0.3, 0.4) is 0 Å². The van der Waals surface area contributed by atoms with E-state index in [0.717, 1.165) is 24.6 Å². The Bertz CT molecular complexity index is 848. The largest absolute Gasteiger partial charge is 0.486 e. The minimum Gasteiger partial charge on any atom is -0.486 e. The van der Waals surface area contributed by atoms with Crippen LogP contribution in [0.2, 0.25) is 0 Å². The maximum atomic E-state index is 12.5. The van der Waals surface area contributed by atoms with Crippen molar-refractivity contribution in [2.45, 2.75) is 18.9 Å². The molecule has 2 aromatic rings. The molecule has 8 nitrogen and oxygen atoms in total. The number of ether oxygens (including phenoxy) is 2. The van der Waals surface area contributed by atoms with Gasteiger partial charge in [-0.15, -0.1) is 0 Å². The molecule has 0 bridgehead atoms. The Hall–Kier alpha value is -3.16. The van der Waals surface area contributed by atoms with Crippen molar-refractivity contribution in [2.24, 2.45) is 5.92 Å². The Kier molecular flexibility index (Phi) is 4.16. The van der Waals surface area contributed by atoms with Gasteiger partial charge in [-0.05, 0) is 36.5 Å². The van der Waals surface area contributed by atoms with Gasteiger partial charge in [0.15, 0.2) is 17.2 Å². The van der Waals surface area contributed by atoms with E-state index in [1.807, 2.05) is 18.2 Å². The van der Waals surface area contributed by atoms with Gasteiger partial charge in [0.2, 0.25) is 0 Å². The molecule has 1 aliphatic heterocycles. The van der Waals surface area contributed by atoms with Gasteiger partial charge in [0.05, 0.1) is 18.4 Å². The first-order valence-corrected chi connectivity index (χ1v) is 8.37. The molecule has 0 radical (unpaired) electrons. The van der Waals surface area contributed by atoms with E-state index < -0.39 is 5.97 Å². The van der Waals surface area contributed by atoms with E-state index in [1.165, 1.54) is 6.20 Å². The van der Waals surface area contributed by atoms with Gasteiger partial charge in [-0.3, -0.25) is 4.79 Å². The topological polar surface area (TPSA) is 111 Å². The second-order valence-electron chi connectivity index (χ2n) is 6.28. The van der Waals surface area contributed by atoms with Crippen LogP contribution >= 0.6 is 0 Å². The van der Waals surface area contributed by atoms with Crippen LogP contribution in [0, 0.1) is 5.92 Å². The van der Waals surface area contributed by atoms with Gasteiger partial charge in [-0.1, -0.05) is 6.07 Å². The third-order valence-electron chi connectivity index (χ3n) is 4.41. The number of carboxylic acids is 1. The van der Waals surface area contributed by atoms with Gasteiger partial charge in [-0.2, -0.15) is 0 Å². The second-order valence-corrected chi connectivity index (χ2v) is 6.28. The number of nitrogens with zero attached hydrogens (tertiary/aromatic N) is 2. The molecule has 1 amide bonds. The van der Waals surface area contributed by atoms with E-state index in [-0.39, 0.29) is 23.3 Å².